The standard InChI is InChI=1S/C15H27NO5S2.C12H22N2O6S2.C8H14O5S2.C6H10O5S2/c1-5-22(18,19)12-9-14(3)8-7-11-16(4)15(17)10-13-23(20,21)6-2;1-3-21(16,17)9-5-12(15)14-7-6-13-11-20-8-10-22(18,19)4-2;1-3-14(9,10)7-5-13-6-8-15(11,12)4-2;1-3-12(7,8)5-11-6-13(9,10)4-2/h5-6,14H,1-2,7-13H2,3-4H3;3-4,13H,1-2,5-11H2,(H,14,15);3-4H,1-2,5-8H2;3-4H,1-2,5-6H2. The van der Waals surface area contributed by atoms with Crippen LogP contribution in [0.2, 0.25) is 0 Å². The molecular weight excluding hydrogens is 1130 g/mol. The Morgan fingerprint density at radius 2 is 0.822 bits per heavy atom. The normalized spacial score (nSPS) is 12.5. The van der Waals surface area contributed by atoms with E-state index in [4.69, 9.17) is 9.47 Å². The summed E-state index contributed by atoms with van der Waals surface area (Å²) in [5, 5.41) is 12.0. The zero-order chi connectivity index (χ0) is 57.6. The van der Waals surface area contributed by atoms with Gasteiger partial charge in [-0.25, -0.2) is 67.3 Å². The number of rotatable bonds is 39. The molecule has 426 valence electrons. The fourth-order valence-corrected chi connectivity index (χ4v) is 8.69. The first-order valence-electron chi connectivity index (χ1n) is 21.2. The number of ether oxygens (including phenoxy) is 3. The molecular formula is C41H73N3O21S8. The van der Waals surface area contributed by atoms with Gasteiger partial charge in [-0.1, -0.05) is 59.6 Å². The number of nitrogens with one attached hydrogen (secondary N) is 2. The molecule has 2 amide bonds. The third kappa shape index (κ3) is 49.0. The van der Waals surface area contributed by atoms with Gasteiger partial charge in [-0.15, -0.1) is 0 Å². The third-order valence-corrected chi connectivity index (χ3v) is 18.2. The van der Waals surface area contributed by atoms with E-state index in [1.165, 1.54) is 4.90 Å². The molecule has 0 aliphatic heterocycles. The zero-order valence-electron chi connectivity index (χ0n) is 41.3. The van der Waals surface area contributed by atoms with Crippen molar-refractivity contribution in [3.8, 4) is 0 Å². The predicted molar refractivity (Wildman–Crippen MR) is 285 cm³/mol. The molecule has 73 heavy (non-hydrogen) atoms. The minimum absolute atomic E-state index is 0.0407. The average Bonchev–Trinajstić information content (AvgIpc) is 3.33. The van der Waals surface area contributed by atoms with Gasteiger partial charge in [-0.3, -0.25) is 14.9 Å². The van der Waals surface area contributed by atoms with E-state index < -0.39 is 90.6 Å². The Morgan fingerprint density at radius 3 is 1.22 bits per heavy atom. The van der Waals surface area contributed by atoms with Gasteiger partial charge in [0, 0.05) is 82.8 Å². The molecule has 1 unspecified atom stereocenters. The van der Waals surface area contributed by atoms with E-state index in [-0.39, 0.29) is 91.6 Å². The molecule has 0 aromatic carbocycles. The molecule has 32 heteroatoms. The van der Waals surface area contributed by atoms with Crippen molar-refractivity contribution in [2.45, 2.75) is 39.0 Å². The molecule has 0 aromatic rings. The minimum atomic E-state index is -3.51. The highest BCUT2D eigenvalue weighted by molar-refractivity contribution is 7.96. The van der Waals surface area contributed by atoms with Crippen molar-refractivity contribution in [3.63, 3.8) is 0 Å². The van der Waals surface area contributed by atoms with Gasteiger partial charge in [0.1, 0.15) is 0 Å². The summed E-state index contributed by atoms with van der Waals surface area (Å²) in [7, 11) is -25.1. The quantitative estimate of drug-likeness (QED) is 0.0642. The van der Waals surface area contributed by atoms with E-state index >= 15 is 0 Å². The van der Waals surface area contributed by atoms with Crippen LogP contribution in [0.3, 0.4) is 0 Å². The molecule has 0 aromatic heterocycles. The summed E-state index contributed by atoms with van der Waals surface area (Å²) >= 11 is 0. The fourth-order valence-electron chi connectivity index (χ4n) is 4.05. The van der Waals surface area contributed by atoms with Crippen molar-refractivity contribution in [1.82, 2.24) is 15.5 Å². The Hall–Kier alpha value is -3.70. The number of carbonyl (C=O) groups excluding carboxylic acids is 2. The van der Waals surface area contributed by atoms with Crippen LogP contribution in [0.1, 0.15) is 39.0 Å². The van der Waals surface area contributed by atoms with Crippen LogP contribution in [0.5, 0.6) is 0 Å². The van der Waals surface area contributed by atoms with Crippen LogP contribution in [-0.4, -0.2) is 184 Å². The Morgan fingerprint density at radius 1 is 0.466 bits per heavy atom. The maximum atomic E-state index is 11.8. The third-order valence-electron chi connectivity index (χ3n) is 8.62. The van der Waals surface area contributed by atoms with Gasteiger partial charge in [0.2, 0.25) is 11.8 Å². The van der Waals surface area contributed by atoms with E-state index in [1.54, 1.807) is 7.05 Å². The molecule has 0 aliphatic rings. The lowest BCUT2D eigenvalue weighted by Gasteiger charge is -2.18. The smallest absolute Gasteiger partial charge is 0.223 e. The Bertz CT molecular complexity index is 2620. The largest absolute Gasteiger partial charge is 0.379 e. The van der Waals surface area contributed by atoms with Crippen molar-refractivity contribution in [1.29, 1.82) is 0 Å². The zero-order valence-corrected chi connectivity index (χ0v) is 47.8. The molecule has 0 rings (SSSR count). The molecule has 0 aliphatic carbocycles. The summed E-state index contributed by atoms with van der Waals surface area (Å²) in [4.78, 5) is 24.7. The first-order valence-corrected chi connectivity index (χ1v) is 34.9. The van der Waals surface area contributed by atoms with Crippen LogP contribution in [0.25, 0.3) is 0 Å². The SMILES string of the molecule is C=CS(=O)(=O)CCC(=O)N(C)CCCC(C)CCS(=O)(=O)C=C.C=CS(=O)(=O)CCOCCS(=O)(=O)C=C.C=CS(=O)(=O)CCOCNCCNC(=O)CCS(=O)(=O)C=C.C=CS(=O)(=O)COCS(=O)(=O)C=C. The molecule has 0 saturated heterocycles. The highest BCUT2D eigenvalue weighted by Crippen LogP contribution is 2.13. The summed E-state index contributed by atoms with van der Waals surface area (Å²) in [5.74, 6) is -2.66. The minimum Gasteiger partial charge on any atom is -0.379 e. The van der Waals surface area contributed by atoms with Gasteiger partial charge in [0.25, 0.3) is 0 Å². The van der Waals surface area contributed by atoms with Gasteiger partial charge in [0.15, 0.2) is 90.6 Å². The van der Waals surface area contributed by atoms with Crippen LogP contribution >= 0.6 is 0 Å². The molecule has 0 fully saturated rings. The molecule has 2 N–H and O–H groups in total. The summed E-state index contributed by atoms with van der Waals surface area (Å²) in [5.41, 5.74) is 0. The average molecular weight is 1200 g/mol. The number of amides is 2. The van der Waals surface area contributed by atoms with Crippen molar-refractivity contribution in [3.05, 3.63) is 95.9 Å². The highest BCUT2D eigenvalue weighted by atomic mass is 32.2. The van der Waals surface area contributed by atoms with E-state index in [1.807, 2.05) is 6.92 Å². The number of hydrogen-bond acceptors (Lipinski definition) is 22. The molecule has 24 nitrogen and oxygen atoms in total. The number of hydrogen-bond donors (Lipinski definition) is 2. The first-order chi connectivity index (χ1) is 33.4. The maximum Gasteiger partial charge on any atom is 0.223 e. The summed E-state index contributed by atoms with van der Waals surface area (Å²) in [6.45, 7) is 28.5. The van der Waals surface area contributed by atoms with E-state index in [2.05, 4.69) is 68.0 Å². The van der Waals surface area contributed by atoms with Gasteiger partial charge in [-0.05, 0) is 25.2 Å². The summed E-state index contributed by atoms with van der Waals surface area (Å²) in [6.07, 6.45) is 1.92. The Kier molecular flexibility index (Phi) is 40.3. The van der Waals surface area contributed by atoms with Crippen LogP contribution < -0.4 is 10.6 Å². The fraction of sp³-hybridized carbons (Fsp3) is 0.561. The molecule has 0 radical (unpaired) electrons. The van der Waals surface area contributed by atoms with Crippen LogP contribution in [0, 0.1) is 5.92 Å². The van der Waals surface area contributed by atoms with E-state index in [0.717, 1.165) is 45.3 Å². The molecule has 0 bridgehead atoms. The van der Waals surface area contributed by atoms with Gasteiger partial charge in [-0.2, -0.15) is 0 Å². The number of carbonyl (C=O) groups is 2. The topological polar surface area (TPSA) is 362 Å². The second-order valence-corrected chi connectivity index (χ2v) is 30.9. The second-order valence-electron chi connectivity index (χ2n) is 14.7. The van der Waals surface area contributed by atoms with Crippen LogP contribution in [0.15, 0.2) is 95.9 Å². The monoisotopic (exact) mass is 1200 g/mol. The van der Waals surface area contributed by atoms with Crippen molar-refractivity contribution < 1.29 is 91.1 Å². The maximum absolute atomic E-state index is 11.8. The van der Waals surface area contributed by atoms with Crippen molar-refractivity contribution in [2.24, 2.45) is 5.92 Å². The lowest BCUT2D eigenvalue weighted by atomic mass is 10.0. The lowest BCUT2D eigenvalue weighted by Crippen LogP contribution is -2.33. The molecule has 0 heterocycles. The Labute approximate surface area is 434 Å². The number of nitrogens with zero attached hydrogens (tertiary/aromatic N) is 1. The second kappa shape index (κ2) is 38.8. The molecule has 0 spiro atoms. The summed E-state index contributed by atoms with van der Waals surface area (Å²) < 4.78 is 190. The van der Waals surface area contributed by atoms with Crippen LogP contribution in [-0.2, 0) is 102 Å². The van der Waals surface area contributed by atoms with Crippen molar-refractivity contribution >= 4 is 90.5 Å². The van der Waals surface area contributed by atoms with Gasteiger partial charge < -0.3 is 24.4 Å². The van der Waals surface area contributed by atoms with Crippen LogP contribution in [0.4, 0.5) is 0 Å². The van der Waals surface area contributed by atoms with E-state index in [0.29, 0.717) is 36.9 Å². The van der Waals surface area contributed by atoms with Crippen molar-refractivity contribution in [2.75, 3.05) is 99.6 Å². The lowest BCUT2D eigenvalue weighted by molar-refractivity contribution is -0.129. The van der Waals surface area contributed by atoms with Gasteiger partial charge in [0.05, 0.1) is 61.1 Å². The molecule has 1 atom stereocenters. The number of sulfone groups is 8. The Balaban J connectivity index is -0.000000446. The first kappa shape index (κ1) is 75.8. The summed E-state index contributed by atoms with van der Waals surface area (Å²) in [6, 6.07) is 0. The predicted octanol–water partition coefficient (Wildman–Crippen LogP) is 1.09. The highest BCUT2D eigenvalue weighted by Gasteiger charge is 2.15. The molecule has 0 saturated carbocycles. The van der Waals surface area contributed by atoms with E-state index in [9.17, 15) is 76.9 Å². The van der Waals surface area contributed by atoms with Gasteiger partial charge >= 0.3 is 0 Å².